The molecule has 5 rings (SSSR count). The molecule has 0 spiro atoms. The summed E-state index contributed by atoms with van der Waals surface area (Å²) in [6, 6.07) is 7.09. The number of rotatable bonds is 7. The number of aromatic nitrogens is 1. The van der Waals surface area contributed by atoms with Gasteiger partial charge >= 0.3 is 0 Å². The van der Waals surface area contributed by atoms with Gasteiger partial charge in [-0.3, -0.25) is 14.4 Å². The number of hydrogen-bond acceptors (Lipinski definition) is 4. The molecule has 1 aromatic carbocycles. The van der Waals surface area contributed by atoms with E-state index in [2.05, 4.69) is 10.6 Å². The summed E-state index contributed by atoms with van der Waals surface area (Å²) in [6.45, 7) is 0.784. The van der Waals surface area contributed by atoms with Crippen LogP contribution in [0.15, 0.2) is 41.3 Å². The second-order valence-corrected chi connectivity index (χ2v) is 10.6. The van der Waals surface area contributed by atoms with Crippen LogP contribution in [0.3, 0.4) is 0 Å². The molecule has 2 N–H and O–H groups in total. The first kappa shape index (κ1) is 24.7. The molecule has 2 amide bonds. The van der Waals surface area contributed by atoms with Crippen LogP contribution in [-0.4, -0.2) is 41.6 Å². The maximum atomic E-state index is 14.0. The van der Waals surface area contributed by atoms with Crippen LogP contribution in [0, 0.1) is 11.7 Å². The largest absolute Gasteiger partial charge is 0.342 e. The monoisotopic (exact) mass is 494 g/mol. The zero-order chi connectivity index (χ0) is 25.3. The number of halogens is 1. The van der Waals surface area contributed by atoms with Gasteiger partial charge in [0, 0.05) is 18.8 Å². The first-order valence-electron chi connectivity index (χ1n) is 13.2. The van der Waals surface area contributed by atoms with Crippen LogP contribution >= 0.6 is 0 Å². The summed E-state index contributed by atoms with van der Waals surface area (Å²) in [4.78, 5) is 41.8. The lowest BCUT2D eigenvalue weighted by molar-refractivity contribution is -0.135. The Kier molecular flexibility index (Phi) is 6.97. The molecule has 1 atom stereocenters. The van der Waals surface area contributed by atoms with Crippen molar-refractivity contribution in [3.05, 3.63) is 63.8 Å². The van der Waals surface area contributed by atoms with Crippen LogP contribution in [-0.2, 0) is 22.6 Å². The fourth-order valence-corrected chi connectivity index (χ4v) is 5.95. The number of pyridine rings is 1. The molecule has 192 valence electrons. The zero-order valence-corrected chi connectivity index (χ0v) is 20.9. The number of nitrogens with zero attached hydrogens (tertiary/aromatic N) is 2. The predicted octanol–water partition coefficient (Wildman–Crippen LogP) is 3.13. The topological polar surface area (TPSA) is 83.4 Å². The van der Waals surface area contributed by atoms with Gasteiger partial charge in [0.25, 0.3) is 5.56 Å². The Hall–Kier alpha value is -3.00. The summed E-state index contributed by atoms with van der Waals surface area (Å²) in [5.41, 5.74) is 1.66. The molecular weight excluding hydrogens is 459 g/mol. The van der Waals surface area contributed by atoms with Gasteiger partial charge in [0.05, 0.1) is 17.8 Å². The molecule has 7 nitrogen and oxygen atoms in total. The van der Waals surface area contributed by atoms with E-state index in [9.17, 15) is 18.8 Å². The van der Waals surface area contributed by atoms with E-state index in [-0.39, 0.29) is 29.1 Å². The molecule has 2 saturated carbocycles. The minimum atomic E-state index is -0.578. The number of hydrogen-bond donors (Lipinski definition) is 2. The number of carbonyl (C=O) groups excluding carboxylic acids is 2. The Morgan fingerprint density at radius 1 is 1.11 bits per heavy atom. The fourth-order valence-electron chi connectivity index (χ4n) is 5.95. The van der Waals surface area contributed by atoms with Crippen molar-refractivity contribution in [3.63, 3.8) is 0 Å². The number of benzene rings is 1. The highest BCUT2D eigenvalue weighted by atomic mass is 19.1. The van der Waals surface area contributed by atoms with Gasteiger partial charge in [-0.15, -0.1) is 0 Å². The molecule has 0 unspecified atom stereocenters. The number of carbonyl (C=O) groups is 2. The highest BCUT2D eigenvalue weighted by molar-refractivity contribution is 6.02. The Morgan fingerprint density at radius 3 is 2.47 bits per heavy atom. The van der Waals surface area contributed by atoms with Gasteiger partial charge in [0.2, 0.25) is 11.8 Å². The van der Waals surface area contributed by atoms with Crippen LogP contribution in [0.25, 0.3) is 0 Å². The number of fused-ring (bicyclic) bond motifs is 1. The van der Waals surface area contributed by atoms with E-state index in [1.165, 1.54) is 12.1 Å². The van der Waals surface area contributed by atoms with E-state index in [0.29, 0.717) is 19.5 Å². The van der Waals surface area contributed by atoms with E-state index < -0.39 is 11.6 Å². The lowest BCUT2D eigenvalue weighted by Crippen LogP contribution is -2.64. The smallest absolute Gasteiger partial charge is 0.251 e. The highest BCUT2D eigenvalue weighted by Crippen LogP contribution is 2.35. The Labute approximate surface area is 211 Å². The second-order valence-electron chi connectivity index (χ2n) is 10.6. The molecule has 1 aromatic heterocycles. The van der Waals surface area contributed by atoms with E-state index in [4.69, 9.17) is 0 Å². The van der Waals surface area contributed by atoms with Crippen LogP contribution in [0.1, 0.15) is 62.5 Å². The van der Waals surface area contributed by atoms with Crippen LogP contribution in [0.5, 0.6) is 0 Å². The molecule has 1 aliphatic heterocycles. The first-order chi connectivity index (χ1) is 17.4. The molecule has 3 aliphatic rings. The molecule has 0 radical (unpaired) electrons. The molecule has 0 saturated heterocycles. The lowest BCUT2D eigenvalue weighted by atomic mass is 9.75. The molecular formula is C28H35FN4O3. The summed E-state index contributed by atoms with van der Waals surface area (Å²) in [7, 11) is 1.81. The minimum absolute atomic E-state index is 0.0825. The molecule has 2 fully saturated rings. The van der Waals surface area contributed by atoms with Crippen molar-refractivity contribution in [2.75, 3.05) is 18.5 Å². The maximum absolute atomic E-state index is 14.0. The van der Waals surface area contributed by atoms with Crippen molar-refractivity contribution in [1.29, 1.82) is 0 Å². The van der Waals surface area contributed by atoms with Gasteiger partial charge in [-0.1, -0.05) is 31.4 Å². The summed E-state index contributed by atoms with van der Waals surface area (Å²) in [6.07, 6.45) is 10.1. The summed E-state index contributed by atoms with van der Waals surface area (Å²) in [5.74, 6) is -0.389. The molecule has 0 bridgehead atoms. The van der Waals surface area contributed by atoms with E-state index in [1.54, 1.807) is 33.9 Å². The van der Waals surface area contributed by atoms with E-state index in [1.807, 2.05) is 7.05 Å². The van der Waals surface area contributed by atoms with E-state index >= 15 is 0 Å². The number of amides is 2. The summed E-state index contributed by atoms with van der Waals surface area (Å²) in [5, 5.41) is 6.35. The van der Waals surface area contributed by atoms with Gasteiger partial charge in [0.1, 0.15) is 11.9 Å². The third-order valence-corrected chi connectivity index (χ3v) is 8.41. The van der Waals surface area contributed by atoms with Crippen LogP contribution in [0.4, 0.5) is 10.1 Å². The van der Waals surface area contributed by atoms with Crippen molar-refractivity contribution < 1.29 is 14.0 Å². The Balaban J connectivity index is 1.41. The zero-order valence-electron chi connectivity index (χ0n) is 20.9. The quantitative estimate of drug-likeness (QED) is 0.620. The number of nitrogens with one attached hydrogen (secondary N) is 2. The van der Waals surface area contributed by atoms with Crippen molar-refractivity contribution in [2.45, 2.75) is 75.9 Å². The molecule has 2 aromatic rings. The fraction of sp³-hybridized carbons (Fsp3) is 0.536. The Bertz CT molecular complexity index is 1180. The molecule has 2 heterocycles. The normalized spacial score (nSPS) is 19.9. The molecule has 8 heteroatoms. The maximum Gasteiger partial charge on any atom is 0.251 e. The number of anilines is 1. The van der Waals surface area contributed by atoms with Gasteiger partial charge in [-0.05, 0) is 74.8 Å². The molecule has 2 aliphatic carbocycles. The summed E-state index contributed by atoms with van der Waals surface area (Å²) >= 11 is 0. The summed E-state index contributed by atoms with van der Waals surface area (Å²) < 4.78 is 14.9. The van der Waals surface area contributed by atoms with Gasteiger partial charge < -0.3 is 20.1 Å². The Morgan fingerprint density at radius 2 is 1.83 bits per heavy atom. The SMILES string of the molecule is CNC1(C(=O)N[C@H](C(=O)N2CCc3cc(=O)n(Cc4ccc(F)cc4)cc32)C2CCCCC2)CCC1. The predicted molar refractivity (Wildman–Crippen MR) is 136 cm³/mol. The average Bonchev–Trinajstić information content (AvgIpc) is 3.26. The number of likely N-dealkylation sites (N-methyl/N-ethyl adjacent to an activating group) is 1. The average molecular weight is 495 g/mol. The van der Waals surface area contributed by atoms with Crippen LogP contribution in [0.2, 0.25) is 0 Å². The minimum Gasteiger partial charge on any atom is -0.342 e. The standard InChI is InChI=1S/C28H35FN4O3/c1-30-28(13-5-14-28)27(36)31-25(20-6-3-2-4-7-20)26(35)33-15-12-21-16-24(34)32(18-23(21)33)17-19-8-10-22(29)11-9-19/h8-11,16,18,20,25,30H,2-7,12-15,17H2,1H3,(H,31,36)/t25-/m0/s1. The van der Waals surface area contributed by atoms with Crippen molar-refractivity contribution in [3.8, 4) is 0 Å². The van der Waals surface area contributed by atoms with Crippen molar-refractivity contribution in [2.24, 2.45) is 5.92 Å². The van der Waals surface area contributed by atoms with Gasteiger partial charge in [-0.2, -0.15) is 0 Å². The first-order valence-corrected chi connectivity index (χ1v) is 13.2. The lowest BCUT2D eigenvalue weighted by Gasteiger charge is -2.42. The van der Waals surface area contributed by atoms with E-state index in [0.717, 1.165) is 68.2 Å². The van der Waals surface area contributed by atoms with Crippen LogP contribution < -0.4 is 21.1 Å². The third-order valence-electron chi connectivity index (χ3n) is 8.41. The van der Waals surface area contributed by atoms with Gasteiger partial charge in [-0.25, -0.2) is 4.39 Å². The second kappa shape index (κ2) is 10.2. The molecule has 36 heavy (non-hydrogen) atoms. The highest BCUT2D eigenvalue weighted by Gasteiger charge is 2.45. The van der Waals surface area contributed by atoms with Gasteiger partial charge in [0.15, 0.2) is 0 Å². The third kappa shape index (κ3) is 4.71. The van der Waals surface area contributed by atoms with Crippen molar-refractivity contribution in [1.82, 2.24) is 15.2 Å². The van der Waals surface area contributed by atoms with Crippen molar-refractivity contribution >= 4 is 17.5 Å².